The Kier molecular flexibility index (Phi) is 3.94. The van der Waals surface area contributed by atoms with E-state index in [0.29, 0.717) is 6.04 Å². The van der Waals surface area contributed by atoms with Gasteiger partial charge in [-0.2, -0.15) is 0 Å². The van der Waals surface area contributed by atoms with Crippen LogP contribution in [-0.2, 0) is 0 Å². The average molecular weight is 300 g/mol. The van der Waals surface area contributed by atoms with Gasteiger partial charge in [0.15, 0.2) is 0 Å². The van der Waals surface area contributed by atoms with Gasteiger partial charge < -0.3 is 10.2 Å². The molecule has 22 heavy (non-hydrogen) atoms. The molecule has 2 aromatic rings. The van der Waals surface area contributed by atoms with E-state index >= 15 is 0 Å². The van der Waals surface area contributed by atoms with Crippen molar-refractivity contribution in [3.63, 3.8) is 0 Å². The molecule has 0 amide bonds. The first-order chi connectivity index (χ1) is 10.6. The molecule has 6 nitrogen and oxygen atoms in total. The van der Waals surface area contributed by atoms with Gasteiger partial charge in [0.2, 0.25) is 0 Å². The van der Waals surface area contributed by atoms with Gasteiger partial charge in [-0.25, -0.2) is 0 Å². The van der Waals surface area contributed by atoms with Crippen molar-refractivity contribution in [1.82, 2.24) is 10.3 Å². The van der Waals surface area contributed by atoms with Crippen LogP contribution >= 0.6 is 0 Å². The van der Waals surface area contributed by atoms with Crippen LogP contribution in [0.5, 0.6) is 0 Å². The predicted molar refractivity (Wildman–Crippen MR) is 87.4 cm³/mol. The molecule has 1 aromatic heterocycles. The van der Waals surface area contributed by atoms with Crippen LogP contribution in [0, 0.1) is 17.0 Å². The van der Waals surface area contributed by atoms with Gasteiger partial charge in [-0.1, -0.05) is 0 Å². The quantitative estimate of drug-likeness (QED) is 0.697. The van der Waals surface area contributed by atoms with E-state index in [9.17, 15) is 10.1 Å². The Morgan fingerprint density at radius 2 is 2.23 bits per heavy atom. The molecule has 2 heterocycles. The first kappa shape index (κ1) is 14.7. The normalized spacial score (nSPS) is 18.6. The van der Waals surface area contributed by atoms with Crippen LogP contribution in [0.25, 0.3) is 10.9 Å². The third-order valence-electron chi connectivity index (χ3n) is 4.28. The van der Waals surface area contributed by atoms with Crippen LogP contribution in [0.2, 0.25) is 0 Å². The number of hydrogen-bond acceptors (Lipinski definition) is 5. The van der Waals surface area contributed by atoms with Crippen molar-refractivity contribution >= 4 is 22.3 Å². The maximum atomic E-state index is 11.1. The van der Waals surface area contributed by atoms with Gasteiger partial charge in [-0.05, 0) is 38.9 Å². The number of nitrogens with zero attached hydrogens (tertiary/aromatic N) is 3. The number of non-ortho nitro benzene ring substituents is 1. The number of aromatic nitrogens is 1. The molecule has 116 valence electrons. The van der Waals surface area contributed by atoms with Gasteiger partial charge in [-0.3, -0.25) is 15.1 Å². The van der Waals surface area contributed by atoms with E-state index in [0.717, 1.165) is 48.2 Å². The molecule has 0 bridgehead atoms. The monoisotopic (exact) mass is 300 g/mol. The van der Waals surface area contributed by atoms with Gasteiger partial charge >= 0.3 is 0 Å². The molecule has 0 saturated carbocycles. The summed E-state index contributed by atoms with van der Waals surface area (Å²) in [6, 6.07) is 7.38. The Morgan fingerprint density at radius 1 is 1.41 bits per heavy atom. The lowest BCUT2D eigenvalue weighted by Gasteiger charge is -2.35. The van der Waals surface area contributed by atoms with E-state index in [1.807, 2.05) is 20.0 Å². The maximum absolute atomic E-state index is 11.1. The van der Waals surface area contributed by atoms with Crippen molar-refractivity contribution in [1.29, 1.82) is 0 Å². The number of nitrogens with one attached hydrogen (secondary N) is 1. The molecule has 0 spiro atoms. The minimum atomic E-state index is -0.352. The Bertz CT molecular complexity index is 717. The number of nitro benzene ring substituents is 1. The maximum Gasteiger partial charge on any atom is 0.270 e. The second-order valence-corrected chi connectivity index (χ2v) is 5.82. The zero-order chi connectivity index (χ0) is 15.7. The number of likely N-dealkylation sites (N-methyl/N-ethyl adjacent to an activating group) is 1. The molecule has 1 atom stereocenters. The van der Waals surface area contributed by atoms with E-state index < -0.39 is 0 Å². The molecule has 6 heteroatoms. The molecule has 1 unspecified atom stereocenters. The Balaban J connectivity index is 2.10. The zero-order valence-electron chi connectivity index (χ0n) is 12.9. The van der Waals surface area contributed by atoms with Gasteiger partial charge in [0.1, 0.15) is 0 Å². The minimum absolute atomic E-state index is 0.113. The van der Waals surface area contributed by atoms with Crippen molar-refractivity contribution in [2.45, 2.75) is 25.8 Å². The highest BCUT2D eigenvalue weighted by Gasteiger charge is 2.21. The fraction of sp³-hybridized carbons (Fsp3) is 0.438. The molecule has 0 radical (unpaired) electrons. The Hall–Kier alpha value is -2.21. The van der Waals surface area contributed by atoms with E-state index in [4.69, 9.17) is 0 Å². The van der Waals surface area contributed by atoms with E-state index in [2.05, 4.69) is 15.2 Å². The smallest absolute Gasteiger partial charge is 0.270 e. The van der Waals surface area contributed by atoms with Crippen molar-refractivity contribution in [3.8, 4) is 0 Å². The summed E-state index contributed by atoms with van der Waals surface area (Å²) in [5.74, 6) is 0. The molecule has 1 aromatic carbocycles. The fourth-order valence-corrected chi connectivity index (χ4v) is 3.13. The molecule has 1 aliphatic heterocycles. The molecule has 1 saturated heterocycles. The van der Waals surface area contributed by atoms with Crippen LogP contribution in [0.15, 0.2) is 24.3 Å². The fourth-order valence-electron chi connectivity index (χ4n) is 3.13. The number of aryl methyl sites for hydroxylation is 1. The van der Waals surface area contributed by atoms with E-state index in [1.165, 1.54) is 6.07 Å². The molecular weight excluding hydrogens is 280 g/mol. The molecule has 1 aliphatic rings. The summed E-state index contributed by atoms with van der Waals surface area (Å²) < 4.78 is 0. The molecule has 1 fully saturated rings. The lowest BCUT2D eigenvalue weighted by molar-refractivity contribution is -0.384. The average Bonchev–Trinajstić information content (AvgIpc) is 2.53. The number of benzene rings is 1. The minimum Gasteiger partial charge on any atom is -0.369 e. The third-order valence-corrected chi connectivity index (χ3v) is 4.28. The summed E-state index contributed by atoms with van der Waals surface area (Å²) in [5, 5.41) is 15.2. The number of piperidine rings is 1. The van der Waals surface area contributed by atoms with Gasteiger partial charge in [0.05, 0.1) is 10.4 Å². The lowest BCUT2D eigenvalue weighted by atomic mass is 10.0. The second-order valence-electron chi connectivity index (χ2n) is 5.82. The SMILES string of the molecule is CNC1CCCN(c2cc(C)nc3ccc([N+](=O)[O-])cc23)C1. The standard InChI is InChI=1S/C16H20N4O2/c1-11-8-16(19-7-3-4-12(10-19)17-2)14-9-13(20(21)22)5-6-15(14)18-11/h5-6,8-9,12,17H,3-4,7,10H2,1-2H3. The number of pyridine rings is 1. The number of nitro groups is 1. The highest BCUT2D eigenvalue weighted by atomic mass is 16.6. The van der Waals surface area contributed by atoms with Gasteiger partial charge in [-0.15, -0.1) is 0 Å². The van der Waals surface area contributed by atoms with Crippen molar-refractivity contribution in [3.05, 3.63) is 40.1 Å². The summed E-state index contributed by atoms with van der Waals surface area (Å²) in [7, 11) is 1.98. The van der Waals surface area contributed by atoms with Crippen molar-refractivity contribution in [2.75, 3.05) is 25.0 Å². The van der Waals surface area contributed by atoms with Crippen LogP contribution in [0.3, 0.4) is 0 Å². The predicted octanol–water partition coefficient (Wildman–Crippen LogP) is 2.64. The molecule has 3 rings (SSSR count). The van der Waals surface area contributed by atoms with Crippen LogP contribution in [0.4, 0.5) is 11.4 Å². The zero-order valence-corrected chi connectivity index (χ0v) is 12.9. The van der Waals surface area contributed by atoms with Crippen molar-refractivity contribution < 1.29 is 4.92 Å². The summed E-state index contributed by atoms with van der Waals surface area (Å²) in [6.07, 6.45) is 2.28. The van der Waals surface area contributed by atoms with E-state index in [-0.39, 0.29) is 10.6 Å². The summed E-state index contributed by atoms with van der Waals surface area (Å²) in [5.41, 5.74) is 2.91. The highest BCUT2D eigenvalue weighted by Crippen LogP contribution is 2.31. The molecular formula is C16H20N4O2. The summed E-state index contributed by atoms with van der Waals surface area (Å²) >= 11 is 0. The number of anilines is 1. The number of hydrogen-bond donors (Lipinski definition) is 1. The number of fused-ring (bicyclic) bond motifs is 1. The van der Waals surface area contributed by atoms with E-state index in [1.54, 1.807) is 12.1 Å². The number of rotatable bonds is 3. The van der Waals surface area contributed by atoms with Gasteiger partial charge in [0.25, 0.3) is 5.69 Å². The molecule has 0 aliphatic carbocycles. The topological polar surface area (TPSA) is 71.3 Å². The summed E-state index contributed by atoms with van der Waals surface area (Å²) in [4.78, 5) is 17.5. The lowest BCUT2D eigenvalue weighted by Crippen LogP contribution is -2.44. The Morgan fingerprint density at radius 3 is 2.95 bits per heavy atom. The molecule has 1 N–H and O–H groups in total. The first-order valence-corrected chi connectivity index (χ1v) is 7.56. The van der Waals surface area contributed by atoms with Crippen LogP contribution in [-0.4, -0.2) is 36.1 Å². The first-order valence-electron chi connectivity index (χ1n) is 7.56. The Labute approximate surface area is 129 Å². The van der Waals surface area contributed by atoms with Crippen LogP contribution in [0.1, 0.15) is 18.5 Å². The largest absolute Gasteiger partial charge is 0.369 e. The van der Waals surface area contributed by atoms with Gasteiger partial charge in [0, 0.05) is 48.0 Å². The second kappa shape index (κ2) is 5.88. The third kappa shape index (κ3) is 2.74. The summed E-state index contributed by atoms with van der Waals surface area (Å²) in [6.45, 7) is 3.85. The van der Waals surface area contributed by atoms with Crippen molar-refractivity contribution in [2.24, 2.45) is 0 Å². The van der Waals surface area contributed by atoms with Crippen LogP contribution < -0.4 is 10.2 Å². The highest BCUT2D eigenvalue weighted by molar-refractivity contribution is 5.93.